The number of hydrogen-bond donors (Lipinski definition) is 1. The zero-order valence-electron chi connectivity index (χ0n) is 12.2. The maximum Gasteiger partial charge on any atom is 0.249 e. The summed E-state index contributed by atoms with van der Waals surface area (Å²) in [5.41, 5.74) is 1.26. The summed E-state index contributed by atoms with van der Waals surface area (Å²) in [4.78, 5) is 13.1. The minimum absolute atomic E-state index is 0.0366. The van der Waals surface area contributed by atoms with Gasteiger partial charge in [0.1, 0.15) is 6.10 Å². The van der Waals surface area contributed by atoms with Gasteiger partial charge in [0.15, 0.2) is 0 Å². The molecule has 1 aromatic rings. The molecular formula is C16H23NO2S. The van der Waals surface area contributed by atoms with Crippen molar-refractivity contribution in [2.24, 2.45) is 0 Å². The van der Waals surface area contributed by atoms with Crippen LogP contribution in [0, 0.1) is 0 Å². The van der Waals surface area contributed by atoms with Crippen molar-refractivity contribution in [1.29, 1.82) is 0 Å². The Balaban J connectivity index is 1.72. The van der Waals surface area contributed by atoms with Crippen LogP contribution in [0.3, 0.4) is 0 Å². The molecule has 1 aliphatic rings. The largest absolute Gasteiger partial charge is 0.368 e. The number of nitrogens with one attached hydrogen (secondary N) is 1. The fraction of sp³-hybridized carbons (Fsp3) is 0.562. The van der Waals surface area contributed by atoms with Crippen molar-refractivity contribution in [2.45, 2.75) is 49.4 Å². The van der Waals surface area contributed by atoms with Crippen LogP contribution in [0.2, 0.25) is 0 Å². The maximum absolute atomic E-state index is 11.8. The monoisotopic (exact) mass is 293 g/mol. The van der Waals surface area contributed by atoms with E-state index in [1.54, 1.807) is 0 Å². The van der Waals surface area contributed by atoms with Gasteiger partial charge >= 0.3 is 0 Å². The van der Waals surface area contributed by atoms with Gasteiger partial charge in [-0.15, -0.1) is 11.8 Å². The van der Waals surface area contributed by atoms with Crippen molar-refractivity contribution in [1.82, 2.24) is 5.32 Å². The molecule has 20 heavy (non-hydrogen) atoms. The highest BCUT2D eigenvalue weighted by atomic mass is 32.2. The van der Waals surface area contributed by atoms with E-state index in [0.717, 1.165) is 19.3 Å². The topological polar surface area (TPSA) is 38.3 Å². The van der Waals surface area contributed by atoms with Gasteiger partial charge in [-0.25, -0.2) is 0 Å². The molecule has 4 heteroatoms. The molecule has 1 amide bonds. The third-order valence-electron chi connectivity index (χ3n) is 3.23. The van der Waals surface area contributed by atoms with Crippen molar-refractivity contribution < 1.29 is 9.53 Å². The lowest BCUT2D eigenvalue weighted by molar-refractivity contribution is -0.129. The van der Waals surface area contributed by atoms with Crippen molar-refractivity contribution in [3.63, 3.8) is 0 Å². The molecule has 0 aromatic heterocycles. The molecule has 0 saturated carbocycles. The van der Waals surface area contributed by atoms with Gasteiger partial charge in [-0.2, -0.15) is 0 Å². The highest BCUT2D eigenvalue weighted by Crippen LogP contribution is 2.22. The Morgan fingerprint density at radius 1 is 1.40 bits per heavy atom. The summed E-state index contributed by atoms with van der Waals surface area (Å²) in [6.07, 6.45) is 2.49. The number of benzene rings is 1. The Morgan fingerprint density at radius 2 is 2.15 bits per heavy atom. The summed E-state index contributed by atoms with van der Waals surface area (Å²) < 4.78 is 5.36. The van der Waals surface area contributed by atoms with Crippen LogP contribution in [0.15, 0.2) is 29.2 Å². The number of thioether (sulfide) groups is 1. The quantitative estimate of drug-likeness (QED) is 0.819. The van der Waals surface area contributed by atoms with Gasteiger partial charge in [0.05, 0.1) is 0 Å². The first-order valence-corrected chi connectivity index (χ1v) is 8.18. The Labute approximate surface area is 125 Å². The van der Waals surface area contributed by atoms with Crippen molar-refractivity contribution in [2.75, 3.05) is 13.2 Å². The number of carbonyl (C=O) groups excluding carboxylic acids is 1. The van der Waals surface area contributed by atoms with Crippen LogP contribution in [0.1, 0.15) is 32.3 Å². The first-order valence-electron chi connectivity index (χ1n) is 7.30. The van der Waals surface area contributed by atoms with E-state index in [-0.39, 0.29) is 12.0 Å². The summed E-state index contributed by atoms with van der Waals surface area (Å²) in [5, 5.41) is 3.55. The molecule has 1 atom stereocenters. The first kappa shape index (κ1) is 15.4. The van der Waals surface area contributed by atoms with Gasteiger partial charge in [0.25, 0.3) is 0 Å². The number of rotatable bonds is 6. The van der Waals surface area contributed by atoms with Gasteiger partial charge in [0.2, 0.25) is 5.91 Å². The summed E-state index contributed by atoms with van der Waals surface area (Å²) in [6, 6.07) is 8.59. The fourth-order valence-corrected chi connectivity index (χ4v) is 3.07. The predicted octanol–water partition coefficient (Wildman–Crippen LogP) is 3.02. The SMILES string of the molecule is CC(C)Sc1ccc(CCNC(=O)C2CCCO2)cc1. The van der Waals surface area contributed by atoms with Crippen LogP contribution in [0.4, 0.5) is 0 Å². The van der Waals surface area contributed by atoms with Crippen molar-refractivity contribution >= 4 is 17.7 Å². The molecule has 3 nitrogen and oxygen atoms in total. The van der Waals surface area contributed by atoms with Gasteiger partial charge < -0.3 is 10.1 Å². The lowest BCUT2D eigenvalue weighted by atomic mass is 10.1. The molecular weight excluding hydrogens is 270 g/mol. The summed E-state index contributed by atoms with van der Waals surface area (Å²) in [5.74, 6) is 0.0366. The van der Waals surface area contributed by atoms with E-state index in [2.05, 4.69) is 43.4 Å². The molecule has 0 aliphatic carbocycles. The summed E-state index contributed by atoms with van der Waals surface area (Å²) >= 11 is 1.87. The van der Waals surface area contributed by atoms with Crippen LogP contribution >= 0.6 is 11.8 Å². The van der Waals surface area contributed by atoms with Crippen LogP contribution in [-0.2, 0) is 16.0 Å². The second-order valence-corrected chi connectivity index (χ2v) is 7.00. The third-order valence-corrected chi connectivity index (χ3v) is 4.25. The van der Waals surface area contributed by atoms with Crippen LogP contribution in [0.5, 0.6) is 0 Å². The van der Waals surface area contributed by atoms with Crippen LogP contribution in [-0.4, -0.2) is 30.4 Å². The highest BCUT2D eigenvalue weighted by Gasteiger charge is 2.22. The lowest BCUT2D eigenvalue weighted by Crippen LogP contribution is -2.35. The fourth-order valence-electron chi connectivity index (χ4n) is 2.24. The van der Waals surface area contributed by atoms with Gasteiger partial charge in [-0.1, -0.05) is 26.0 Å². The molecule has 1 aliphatic heterocycles. The summed E-state index contributed by atoms with van der Waals surface area (Å²) in [7, 11) is 0. The Morgan fingerprint density at radius 3 is 2.75 bits per heavy atom. The minimum atomic E-state index is -0.222. The maximum atomic E-state index is 11.8. The third kappa shape index (κ3) is 4.84. The van der Waals surface area contributed by atoms with Crippen LogP contribution in [0.25, 0.3) is 0 Å². The number of carbonyl (C=O) groups is 1. The van der Waals surface area contributed by atoms with E-state index in [9.17, 15) is 4.79 Å². The van der Waals surface area contributed by atoms with E-state index in [0.29, 0.717) is 18.4 Å². The summed E-state index contributed by atoms with van der Waals surface area (Å²) in [6.45, 7) is 5.78. The molecule has 1 saturated heterocycles. The molecule has 0 radical (unpaired) electrons. The average Bonchev–Trinajstić information content (AvgIpc) is 2.94. The minimum Gasteiger partial charge on any atom is -0.368 e. The molecule has 1 aromatic carbocycles. The van der Waals surface area contributed by atoms with Gasteiger partial charge in [0, 0.05) is 23.3 Å². The molecule has 2 rings (SSSR count). The Bertz CT molecular complexity index is 425. The van der Waals surface area contributed by atoms with E-state index in [1.165, 1.54) is 10.5 Å². The second-order valence-electron chi connectivity index (χ2n) is 5.35. The normalized spacial score (nSPS) is 18.4. The number of ether oxygens (including phenoxy) is 1. The van der Waals surface area contributed by atoms with E-state index in [1.807, 2.05) is 11.8 Å². The Hall–Kier alpha value is -1.00. The smallest absolute Gasteiger partial charge is 0.249 e. The molecule has 110 valence electrons. The van der Waals surface area contributed by atoms with E-state index < -0.39 is 0 Å². The van der Waals surface area contributed by atoms with Gasteiger partial charge in [-0.05, 0) is 37.0 Å². The number of hydrogen-bond acceptors (Lipinski definition) is 3. The molecule has 0 bridgehead atoms. The zero-order valence-corrected chi connectivity index (χ0v) is 13.0. The standard InChI is InChI=1S/C16H23NO2S/c1-12(2)20-14-7-5-13(6-8-14)9-10-17-16(18)15-4-3-11-19-15/h5-8,12,15H,3-4,9-11H2,1-2H3,(H,17,18). The lowest BCUT2D eigenvalue weighted by Gasteiger charge is -2.10. The first-order chi connectivity index (χ1) is 9.65. The second kappa shape index (κ2) is 7.70. The van der Waals surface area contributed by atoms with Gasteiger partial charge in [-0.3, -0.25) is 4.79 Å². The molecule has 1 heterocycles. The molecule has 0 spiro atoms. The van der Waals surface area contributed by atoms with Crippen molar-refractivity contribution in [3.8, 4) is 0 Å². The molecule has 1 N–H and O–H groups in total. The van der Waals surface area contributed by atoms with Crippen molar-refractivity contribution in [3.05, 3.63) is 29.8 Å². The van der Waals surface area contributed by atoms with Crippen LogP contribution < -0.4 is 5.32 Å². The van der Waals surface area contributed by atoms with E-state index >= 15 is 0 Å². The molecule has 1 unspecified atom stereocenters. The zero-order chi connectivity index (χ0) is 14.4. The average molecular weight is 293 g/mol. The predicted molar refractivity (Wildman–Crippen MR) is 83.1 cm³/mol. The van der Waals surface area contributed by atoms with E-state index in [4.69, 9.17) is 4.74 Å². The Kier molecular flexibility index (Phi) is 5.92. The molecule has 1 fully saturated rings. The highest BCUT2D eigenvalue weighted by molar-refractivity contribution is 7.99. The number of amides is 1.